The standard InChI is InChI=1S/C41H76N2O2/c1-3-5-7-9-11-13-15-17-19-21-23-25-27-29-31-33-37-42-41(45)39-35-34-38-43(39)40(44)36-32-30-28-26-24-22-20-18-16-14-12-10-8-6-4-2/h14-17,39H,3-13,18-38H2,1-2H3,(H,42,45)/b16-14+,17-15+/t39-/m0/s1. The number of nitrogens with zero attached hydrogens (tertiary/aromatic N) is 1. The maximum atomic E-state index is 12.9. The molecule has 1 aliphatic heterocycles. The summed E-state index contributed by atoms with van der Waals surface area (Å²) < 4.78 is 0. The number of allylic oxidation sites excluding steroid dienone is 4. The first kappa shape index (κ1) is 41.4. The summed E-state index contributed by atoms with van der Waals surface area (Å²) in [5.41, 5.74) is 0. The maximum absolute atomic E-state index is 12.9. The average Bonchev–Trinajstić information content (AvgIpc) is 3.55. The molecule has 45 heavy (non-hydrogen) atoms. The van der Waals surface area contributed by atoms with Gasteiger partial charge in [0, 0.05) is 19.5 Å². The molecule has 0 unspecified atom stereocenters. The van der Waals surface area contributed by atoms with Crippen LogP contribution in [0.2, 0.25) is 0 Å². The Bertz CT molecular complexity index is 731. The van der Waals surface area contributed by atoms with Crippen LogP contribution < -0.4 is 5.32 Å². The molecule has 1 aliphatic rings. The summed E-state index contributed by atoms with van der Waals surface area (Å²) in [7, 11) is 0. The topological polar surface area (TPSA) is 49.4 Å². The molecular formula is C41H76N2O2. The third-order valence-corrected chi connectivity index (χ3v) is 9.52. The summed E-state index contributed by atoms with van der Waals surface area (Å²) >= 11 is 0. The Kier molecular flexibility index (Phi) is 29.8. The van der Waals surface area contributed by atoms with Crippen molar-refractivity contribution >= 4 is 11.8 Å². The SMILES string of the molecule is CCCCCC/C=C/CCCCCCCCCC(=O)N1CCC[C@H]1C(=O)NCCCCCCCCC/C=C/CCCCCCC. The summed E-state index contributed by atoms with van der Waals surface area (Å²) in [6.07, 6.45) is 46.4. The van der Waals surface area contributed by atoms with Gasteiger partial charge in [-0.05, 0) is 77.0 Å². The van der Waals surface area contributed by atoms with E-state index in [1.54, 1.807) is 0 Å². The van der Waals surface area contributed by atoms with Crippen LogP contribution in [0.15, 0.2) is 24.3 Å². The van der Waals surface area contributed by atoms with Gasteiger partial charge in [0.05, 0.1) is 0 Å². The van der Waals surface area contributed by atoms with Gasteiger partial charge >= 0.3 is 0 Å². The van der Waals surface area contributed by atoms with Crippen LogP contribution in [-0.2, 0) is 9.59 Å². The summed E-state index contributed by atoms with van der Waals surface area (Å²) in [5, 5.41) is 3.14. The first-order chi connectivity index (χ1) is 22.2. The Morgan fingerprint density at radius 3 is 1.44 bits per heavy atom. The first-order valence-corrected chi connectivity index (χ1v) is 20.1. The number of hydrogen-bond donors (Lipinski definition) is 1. The molecule has 4 heteroatoms. The van der Waals surface area contributed by atoms with E-state index >= 15 is 0 Å². The van der Waals surface area contributed by atoms with Crippen molar-refractivity contribution in [3.05, 3.63) is 24.3 Å². The van der Waals surface area contributed by atoms with E-state index in [-0.39, 0.29) is 17.9 Å². The van der Waals surface area contributed by atoms with Gasteiger partial charge < -0.3 is 10.2 Å². The summed E-state index contributed by atoms with van der Waals surface area (Å²) in [4.78, 5) is 27.6. The van der Waals surface area contributed by atoms with Gasteiger partial charge in [-0.15, -0.1) is 0 Å². The molecule has 1 N–H and O–H groups in total. The highest BCUT2D eigenvalue weighted by Crippen LogP contribution is 2.20. The van der Waals surface area contributed by atoms with Gasteiger partial charge in [0.1, 0.15) is 6.04 Å². The predicted molar refractivity (Wildman–Crippen MR) is 197 cm³/mol. The highest BCUT2D eigenvalue weighted by Gasteiger charge is 2.33. The number of carbonyl (C=O) groups excluding carboxylic acids is 2. The molecule has 0 aromatic heterocycles. The van der Waals surface area contributed by atoms with Gasteiger partial charge in [-0.2, -0.15) is 0 Å². The number of amides is 2. The molecule has 262 valence electrons. The van der Waals surface area contributed by atoms with Crippen LogP contribution in [0, 0.1) is 0 Å². The van der Waals surface area contributed by atoms with Gasteiger partial charge in [0.15, 0.2) is 0 Å². The van der Waals surface area contributed by atoms with E-state index in [0.717, 1.165) is 45.2 Å². The largest absolute Gasteiger partial charge is 0.354 e. The van der Waals surface area contributed by atoms with Crippen LogP contribution in [0.3, 0.4) is 0 Å². The lowest BCUT2D eigenvalue weighted by molar-refractivity contribution is -0.138. The zero-order valence-corrected chi connectivity index (χ0v) is 30.3. The van der Waals surface area contributed by atoms with Crippen LogP contribution in [-0.4, -0.2) is 35.8 Å². The van der Waals surface area contributed by atoms with Crippen molar-refractivity contribution in [3.8, 4) is 0 Å². The van der Waals surface area contributed by atoms with E-state index in [1.165, 1.54) is 154 Å². The quantitative estimate of drug-likeness (QED) is 0.0595. The van der Waals surface area contributed by atoms with E-state index in [2.05, 4.69) is 43.5 Å². The maximum Gasteiger partial charge on any atom is 0.242 e. The fraction of sp³-hybridized carbons (Fsp3) is 0.854. The molecule has 1 rings (SSSR count). The highest BCUT2D eigenvalue weighted by molar-refractivity contribution is 5.88. The van der Waals surface area contributed by atoms with E-state index in [9.17, 15) is 9.59 Å². The van der Waals surface area contributed by atoms with Crippen molar-refractivity contribution in [3.63, 3.8) is 0 Å². The van der Waals surface area contributed by atoms with E-state index < -0.39 is 0 Å². The number of rotatable bonds is 32. The molecule has 1 atom stereocenters. The normalized spacial score (nSPS) is 15.2. The Hall–Kier alpha value is -1.58. The molecule has 0 aromatic rings. The third-order valence-electron chi connectivity index (χ3n) is 9.52. The molecule has 0 aliphatic carbocycles. The molecule has 1 saturated heterocycles. The minimum absolute atomic E-state index is 0.0706. The number of nitrogens with one attached hydrogen (secondary N) is 1. The first-order valence-electron chi connectivity index (χ1n) is 20.1. The number of carbonyl (C=O) groups is 2. The summed E-state index contributed by atoms with van der Waals surface area (Å²) in [5.74, 6) is 0.258. The molecule has 1 fully saturated rings. The second-order valence-electron chi connectivity index (χ2n) is 13.8. The number of hydrogen-bond acceptors (Lipinski definition) is 2. The van der Waals surface area contributed by atoms with Crippen LogP contribution in [0.1, 0.15) is 206 Å². The van der Waals surface area contributed by atoms with Gasteiger partial charge in [-0.1, -0.05) is 147 Å². The van der Waals surface area contributed by atoms with Crippen molar-refractivity contribution < 1.29 is 9.59 Å². The van der Waals surface area contributed by atoms with Crippen molar-refractivity contribution in [2.24, 2.45) is 0 Å². The van der Waals surface area contributed by atoms with Gasteiger partial charge in [-0.25, -0.2) is 0 Å². The summed E-state index contributed by atoms with van der Waals surface area (Å²) in [6.45, 7) is 6.03. The minimum Gasteiger partial charge on any atom is -0.354 e. The van der Waals surface area contributed by atoms with Crippen molar-refractivity contribution in [1.29, 1.82) is 0 Å². The smallest absolute Gasteiger partial charge is 0.242 e. The van der Waals surface area contributed by atoms with E-state index in [0.29, 0.717) is 6.42 Å². The van der Waals surface area contributed by atoms with Crippen molar-refractivity contribution in [1.82, 2.24) is 10.2 Å². The zero-order chi connectivity index (χ0) is 32.5. The molecule has 2 amide bonds. The summed E-state index contributed by atoms with van der Waals surface area (Å²) in [6, 6.07) is -0.238. The lowest BCUT2D eigenvalue weighted by Gasteiger charge is -2.24. The van der Waals surface area contributed by atoms with E-state index in [4.69, 9.17) is 0 Å². The van der Waals surface area contributed by atoms with Crippen LogP contribution in [0.25, 0.3) is 0 Å². The molecule has 1 heterocycles. The monoisotopic (exact) mass is 629 g/mol. The third kappa shape index (κ3) is 25.2. The average molecular weight is 629 g/mol. The van der Waals surface area contributed by atoms with Crippen molar-refractivity contribution in [2.75, 3.05) is 13.1 Å². The number of likely N-dealkylation sites (tertiary alicyclic amines) is 1. The molecule has 0 radical (unpaired) electrons. The zero-order valence-electron chi connectivity index (χ0n) is 30.3. The fourth-order valence-electron chi connectivity index (χ4n) is 6.53. The minimum atomic E-state index is -0.238. The number of unbranched alkanes of at least 4 members (excludes halogenated alkanes) is 23. The lowest BCUT2D eigenvalue weighted by Crippen LogP contribution is -2.46. The molecule has 0 aromatic carbocycles. The van der Waals surface area contributed by atoms with Crippen LogP contribution in [0.5, 0.6) is 0 Å². The Morgan fingerprint density at radius 2 is 0.956 bits per heavy atom. The van der Waals surface area contributed by atoms with E-state index in [1.807, 2.05) is 4.90 Å². The molecule has 0 bridgehead atoms. The second-order valence-corrected chi connectivity index (χ2v) is 13.8. The van der Waals surface area contributed by atoms with Gasteiger partial charge in [-0.3, -0.25) is 9.59 Å². The molecule has 0 spiro atoms. The highest BCUT2D eigenvalue weighted by atomic mass is 16.2. The fourth-order valence-corrected chi connectivity index (χ4v) is 6.53. The Morgan fingerprint density at radius 1 is 0.556 bits per heavy atom. The predicted octanol–water partition coefficient (Wildman–Crippen LogP) is 12.2. The Balaban J connectivity index is 1.95. The molecular weight excluding hydrogens is 552 g/mol. The van der Waals surface area contributed by atoms with Gasteiger partial charge in [0.2, 0.25) is 11.8 Å². The van der Waals surface area contributed by atoms with Crippen LogP contribution >= 0.6 is 0 Å². The Labute approximate surface area is 281 Å². The molecule has 4 nitrogen and oxygen atoms in total. The molecule has 0 saturated carbocycles. The second kappa shape index (κ2) is 32.4. The van der Waals surface area contributed by atoms with Gasteiger partial charge in [0.25, 0.3) is 0 Å². The lowest BCUT2D eigenvalue weighted by atomic mass is 10.1. The van der Waals surface area contributed by atoms with Crippen LogP contribution in [0.4, 0.5) is 0 Å². The van der Waals surface area contributed by atoms with Crippen molar-refractivity contribution in [2.45, 2.75) is 213 Å².